The molecule has 0 aromatic heterocycles. The largest absolute Gasteiger partial charge is 0.394 e. The summed E-state index contributed by atoms with van der Waals surface area (Å²) in [6.45, 7) is 0.158. The quantitative estimate of drug-likeness (QED) is 0.701. The van der Waals surface area contributed by atoms with Gasteiger partial charge in [-0.3, -0.25) is 4.79 Å². The third-order valence-corrected chi connectivity index (χ3v) is 4.29. The van der Waals surface area contributed by atoms with Crippen LogP contribution in [-0.4, -0.2) is 53.6 Å². The van der Waals surface area contributed by atoms with E-state index < -0.39 is 0 Å². The molecule has 0 aliphatic carbocycles. The van der Waals surface area contributed by atoms with E-state index in [1.54, 1.807) is 0 Å². The first-order chi connectivity index (χ1) is 9.71. The lowest BCUT2D eigenvalue weighted by Gasteiger charge is -2.13. The van der Waals surface area contributed by atoms with Crippen molar-refractivity contribution in [2.75, 3.05) is 13.2 Å². The van der Waals surface area contributed by atoms with Crippen molar-refractivity contribution >= 4 is 5.78 Å². The number of ether oxygens (including phenoxy) is 2. The number of hydrogen-bond donors (Lipinski definition) is 2. The smallest absolute Gasteiger partial charge is 0.133 e. The van der Waals surface area contributed by atoms with Gasteiger partial charge in [0.25, 0.3) is 0 Å². The van der Waals surface area contributed by atoms with Crippen LogP contribution in [0.2, 0.25) is 0 Å². The average molecular weight is 286 g/mol. The van der Waals surface area contributed by atoms with Crippen molar-refractivity contribution < 1.29 is 24.5 Å². The summed E-state index contributed by atoms with van der Waals surface area (Å²) < 4.78 is 11.2. The first-order valence-electron chi connectivity index (χ1n) is 7.75. The number of ketones is 1. The van der Waals surface area contributed by atoms with E-state index in [4.69, 9.17) is 19.7 Å². The maximum absolute atomic E-state index is 11.8. The zero-order chi connectivity index (χ0) is 14.4. The van der Waals surface area contributed by atoms with E-state index in [2.05, 4.69) is 0 Å². The Morgan fingerprint density at radius 1 is 0.800 bits per heavy atom. The predicted molar refractivity (Wildman–Crippen MR) is 73.4 cm³/mol. The zero-order valence-electron chi connectivity index (χ0n) is 12.0. The molecule has 0 bridgehead atoms. The van der Waals surface area contributed by atoms with Crippen LogP contribution in [0, 0.1) is 0 Å². The third kappa shape index (κ3) is 4.81. The molecule has 0 aromatic rings. The van der Waals surface area contributed by atoms with E-state index in [9.17, 15) is 4.79 Å². The highest BCUT2D eigenvalue weighted by molar-refractivity contribution is 5.78. The van der Waals surface area contributed by atoms with Crippen LogP contribution in [0.15, 0.2) is 0 Å². The van der Waals surface area contributed by atoms with Crippen LogP contribution in [0.4, 0.5) is 0 Å². The van der Waals surface area contributed by atoms with E-state index in [1.807, 2.05) is 0 Å². The summed E-state index contributed by atoms with van der Waals surface area (Å²) in [6.07, 6.45) is 6.54. The molecule has 4 atom stereocenters. The van der Waals surface area contributed by atoms with Gasteiger partial charge in [0.05, 0.1) is 37.6 Å². The van der Waals surface area contributed by atoms with Gasteiger partial charge >= 0.3 is 0 Å². The second kappa shape index (κ2) is 8.08. The fourth-order valence-electron chi connectivity index (χ4n) is 3.02. The first-order valence-corrected chi connectivity index (χ1v) is 7.75. The number of aliphatic hydroxyl groups excluding tert-OH is 2. The summed E-state index contributed by atoms with van der Waals surface area (Å²) in [4.78, 5) is 11.8. The van der Waals surface area contributed by atoms with E-state index >= 15 is 0 Å². The molecule has 2 fully saturated rings. The topological polar surface area (TPSA) is 76.0 Å². The van der Waals surface area contributed by atoms with Crippen LogP contribution in [0.5, 0.6) is 0 Å². The molecule has 0 radical (unpaired) electrons. The van der Waals surface area contributed by atoms with E-state index in [0.29, 0.717) is 12.8 Å². The number of carbonyl (C=O) groups excluding carboxylic acids is 1. The van der Waals surface area contributed by atoms with Gasteiger partial charge < -0.3 is 19.7 Å². The molecule has 4 unspecified atom stereocenters. The summed E-state index contributed by atoms with van der Waals surface area (Å²) in [5.41, 5.74) is 0. The van der Waals surface area contributed by atoms with E-state index in [1.165, 1.54) is 0 Å². The first kappa shape index (κ1) is 15.9. The standard InChI is InChI=1S/C15H26O5/c16-9-14-7-5-12(19-14)3-1-11(18)2-4-13-6-8-15(10-17)20-13/h12-17H,1-10H2. The Hall–Kier alpha value is -0.490. The minimum absolute atomic E-state index is 0.0302. The van der Waals surface area contributed by atoms with Gasteiger partial charge in [-0.2, -0.15) is 0 Å². The van der Waals surface area contributed by atoms with Crippen molar-refractivity contribution in [1.29, 1.82) is 0 Å². The molecule has 2 heterocycles. The second-order valence-corrected chi connectivity index (χ2v) is 5.90. The normalized spacial score (nSPS) is 33.7. The third-order valence-electron chi connectivity index (χ3n) is 4.29. The Morgan fingerprint density at radius 3 is 1.55 bits per heavy atom. The summed E-state index contributed by atoms with van der Waals surface area (Å²) >= 11 is 0. The molecule has 0 saturated carbocycles. The minimum Gasteiger partial charge on any atom is -0.394 e. The summed E-state index contributed by atoms with van der Waals surface area (Å²) in [6, 6.07) is 0. The fourth-order valence-corrected chi connectivity index (χ4v) is 3.02. The maximum Gasteiger partial charge on any atom is 0.133 e. The van der Waals surface area contributed by atoms with Crippen LogP contribution in [-0.2, 0) is 14.3 Å². The maximum atomic E-state index is 11.8. The van der Waals surface area contributed by atoms with Crippen LogP contribution in [0.1, 0.15) is 51.4 Å². The van der Waals surface area contributed by atoms with Gasteiger partial charge in [0.15, 0.2) is 0 Å². The average Bonchev–Trinajstić information content (AvgIpc) is 3.11. The molecular weight excluding hydrogens is 260 g/mol. The van der Waals surface area contributed by atoms with Crippen LogP contribution < -0.4 is 0 Å². The lowest BCUT2D eigenvalue weighted by atomic mass is 10.0. The Morgan fingerprint density at radius 2 is 1.20 bits per heavy atom. The Bertz CT molecular complexity index is 279. The number of hydrogen-bond acceptors (Lipinski definition) is 5. The molecule has 5 nitrogen and oxygen atoms in total. The van der Waals surface area contributed by atoms with Gasteiger partial charge in [-0.05, 0) is 38.5 Å². The molecule has 20 heavy (non-hydrogen) atoms. The zero-order valence-corrected chi connectivity index (χ0v) is 12.0. The van der Waals surface area contributed by atoms with E-state index in [-0.39, 0.29) is 43.4 Å². The number of rotatable bonds is 8. The molecule has 2 aliphatic rings. The van der Waals surface area contributed by atoms with Gasteiger partial charge in [0, 0.05) is 12.8 Å². The highest BCUT2D eigenvalue weighted by atomic mass is 16.5. The number of aliphatic hydroxyl groups is 2. The Balaban J connectivity index is 1.55. The van der Waals surface area contributed by atoms with Crippen molar-refractivity contribution in [2.24, 2.45) is 0 Å². The summed E-state index contributed by atoms with van der Waals surface area (Å²) in [5, 5.41) is 18.0. The van der Waals surface area contributed by atoms with Gasteiger partial charge in [0.1, 0.15) is 5.78 Å². The molecule has 0 aromatic carbocycles. The SMILES string of the molecule is O=C(CCC1CCC(CO)O1)CCC1CCC(CO)O1. The molecule has 0 spiro atoms. The highest BCUT2D eigenvalue weighted by Crippen LogP contribution is 2.25. The van der Waals surface area contributed by atoms with Crippen molar-refractivity contribution in [2.45, 2.75) is 75.8 Å². The Kier molecular flexibility index (Phi) is 6.42. The summed E-state index contributed by atoms with van der Waals surface area (Å²) in [7, 11) is 0. The van der Waals surface area contributed by atoms with Crippen molar-refractivity contribution in [3.8, 4) is 0 Å². The summed E-state index contributed by atoms with van der Waals surface area (Å²) in [5.74, 6) is 0.261. The van der Waals surface area contributed by atoms with Crippen molar-refractivity contribution in [1.82, 2.24) is 0 Å². The van der Waals surface area contributed by atoms with Gasteiger partial charge in [-0.25, -0.2) is 0 Å². The fraction of sp³-hybridized carbons (Fsp3) is 0.933. The lowest BCUT2D eigenvalue weighted by Crippen LogP contribution is -2.17. The van der Waals surface area contributed by atoms with Gasteiger partial charge in [-0.15, -0.1) is 0 Å². The molecule has 2 rings (SSSR count). The molecule has 2 N–H and O–H groups in total. The number of carbonyl (C=O) groups is 1. The van der Waals surface area contributed by atoms with Crippen molar-refractivity contribution in [3.05, 3.63) is 0 Å². The molecule has 0 amide bonds. The van der Waals surface area contributed by atoms with Crippen LogP contribution >= 0.6 is 0 Å². The highest BCUT2D eigenvalue weighted by Gasteiger charge is 2.26. The van der Waals surface area contributed by atoms with Gasteiger partial charge in [-0.1, -0.05) is 0 Å². The molecule has 2 saturated heterocycles. The minimum atomic E-state index is -0.0302. The monoisotopic (exact) mass is 286 g/mol. The number of Topliss-reactive ketones (excluding diaryl/α,β-unsaturated/α-hetero) is 1. The van der Waals surface area contributed by atoms with Crippen LogP contribution in [0.25, 0.3) is 0 Å². The van der Waals surface area contributed by atoms with Gasteiger partial charge in [0.2, 0.25) is 0 Å². The van der Waals surface area contributed by atoms with Crippen LogP contribution in [0.3, 0.4) is 0 Å². The van der Waals surface area contributed by atoms with E-state index in [0.717, 1.165) is 38.5 Å². The molecule has 5 heteroatoms. The molecule has 2 aliphatic heterocycles. The molecule has 116 valence electrons. The van der Waals surface area contributed by atoms with Crippen molar-refractivity contribution in [3.63, 3.8) is 0 Å². The second-order valence-electron chi connectivity index (χ2n) is 5.90. The molecular formula is C15H26O5. The Labute approximate surface area is 120 Å². The predicted octanol–water partition coefficient (Wildman–Crippen LogP) is 1.20. The lowest BCUT2D eigenvalue weighted by molar-refractivity contribution is -0.120.